The zero-order valence-electron chi connectivity index (χ0n) is 18.1. The first-order chi connectivity index (χ1) is 14.5. The predicted octanol–water partition coefficient (Wildman–Crippen LogP) is 1.99. The molecule has 1 fully saturated rings. The summed E-state index contributed by atoms with van der Waals surface area (Å²) in [7, 11) is 6.15. The maximum Gasteiger partial charge on any atom is 0.165 e. The zero-order chi connectivity index (χ0) is 21.1. The number of aliphatic hydroxyl groups is 1. The van der Waals surface area contributed by atoms with Crippen LogP contribution in [0.4, 0.5) is 11.5 Å². The average molecular weight is 410 g/mol. The Hall–Kier alpha value is -2.71. The van der Waals surface area contributed by atoms with Crippen LogP contribution in [0.5, 0.6) is 0 Å². The van der Waals surface area contributed by atoms with Crippen LogP contribution >= 0.6 is 0 Å². The molecule has 0 saturated carbocycles. The van der Waals surface area contributed by atoms with E-state index in [9.17, 15) is 5.11 Å². The van der Waals surface area contributed by atoms with E-state index in [1.807, 2.05) is 13.4 Å². The Kier molecular flexibility index (Phi) is 6.15. The molecule has 1 aromatic carbocycles. The summed E-state index contributed by atoms with van der Waals surface area (Å²) in [6.07, 6.45) is 5.06. The highest BCUT2D eigenvalue weighted by Crippen LogP contribution is 2.23. The van der Waals surface area contributed by atoms with Gasteiger partial charge in [-0.15, -0.1) is 0 Å². The number of hydrogen-bond acceptors (Lipinski definition) is 7. The van der Waals surface area contributed by atoms with Gasteiger partial charge in [-0.2, -0.15) is 0 Å². The highest BCUT2D eigenvalue weighted by atomic mass is 16.3. The first-order valence-corrected chi connectivity index (χ1v) is 10.5. The van der Waals surface area contributed by atoms with Gasteiger partial charge >= 0.3 is 0 Å². The minimum Gasteiger partial charge on any atom is -0.393 e. The van der Waals surface area contributed by atoms with Crippen LogP contribution in [0.3, 0.4) is 0 Å². The molecule has 1 saturated heterocycles. The van der Waals surface area contributed by atoms with Gasteiger partial charge in [-0.05, 0) is 30.5 Å². The molecule has 0 amide bonds. The second kappa shape index (κ2) is 8.97. The molecule has 8 nitrogen and oxygen atoms in total. The molecule has 1 aliphatic rings. The quantitative estimate of drug-likeness (QED) is 0.640. The van der Waals surface area contributed by atoms with Crippen LogP contribution in [-0.4, -0.2) is 76.4 Å². The zero-order valence-corrected chi connectivity index (χ0v) is 18.1. The SMILES string of the molecule is CN(C)c1cccc(CN(C)c2ncnc3c2ncn3CCN2CCC(O)CC2)c1. The number of fused-ring (bicyclic) bond motifs is 1. The monoisotopic (exact) mass is 409 g/mol. The fourth-order valence-electron chi connectivity index (χ4n) is 3.99. The number of rotatable bonds is 7. The van der Waals surface area contributed by atoms with E-state index < -0.39 is 0 Å². The van der Waals surface area contributed by atoms with Crippen LogP contribution in [0.1, 0.15) is 18.4 Å². The van der Waals surface area contributed by atoms with Crippen molar-refractivity contribution < 1.29 is 5.11 Å². The number of aliphatic hydroxyl groups excluding tert-OH is 1. The molecule has 2 aromatic heterocycles. The number of nitrogens with zero attached hydrogens (tertiary/aromatic N) is 7. The Morgan fingerprint density at radius 2 is 1.87 bits per heavy atom. The van der Waals surface area contributed by atoms with Crippen LogP contribution in [-0.2, 0) is 13.1 Å². The molecular weight excluding hydrogens is 378 g/mol. The van der Waals surface area contributed by atoms with E-state index in [0.29, 0.717) is 0 Å². The molecular formula is C22H31N7O. The van der Waals surface area contributed by atoms with Crippen LogP contribution in [0.25, 0.3) is 11.2 Å². The summed E-state index contributed by atoms with van der Waals surface area (Å²) >= 11 is 0. The minimum atomic E-state index is -0.139. The van der Waals surface area contributed by atoms with Crippen molar-refractivity contribution >= 4 is 22.7 Å². The van der Waals surface area contributed by atoms with Gasteiger partial charge in [-0.25, -0.2) is 15.0 Å². The molecule has 0 atom stereocenters. The maximum atomic E-state index is 9.69. The number of aromatic nitrogens is 4. The number of anilines is 2. The highest BCUT2D eigenvalue weighted by molar-refractivity contribution is 5.83. The Morgan fingerprint density at radius 1 is 1.07 bits per heavy atom. The Balaban J connectivity index is 1.48. The van der Waals surface area contributed by atoms with Gasteiger partial charge in [0.25, 0.3) is 0 Å². The van der Waals surface area contributed by atoms with Gasteiger partial charge in [-0.3, -0.25) is 0 Å². The van der Waals surface area contributed by atoms with Crippen LogP contribution in [0.2, 0.25) is 0 Å². The molecule has 1 N–H and O–H groups in total. The third-order valence-electron chi connectivity index (χ3n) is 5.80. The molecule has 0 bridgehead atoms. The smallest absolute Gasteiger partial charge is 0.165 e. The molecule has 4 rings (SSSR count). The second-order valence-corrected chi connectivity index (χ2v) is 8.30. The van der Waals surface area contributed by atoms with Crippen molar-refractivity contribution in [3.8, 4) is 0 Å². The second-order valence-electron chi connectivity index (χ2n) is 8.30. The molecule has 160 valence electrons. The number of piperidine rings is 1. The summed E-state index contributed by atoms with van der Waals surface area (Å²) in [5.74, 6) is 0.843. The Morgan fingerprint density at radius 3 is 2.63 bits per heavy atom. The predicted molar refractivity (Wildman–Crippen MR) is 120 cm³/mol. The molecule has 1 aliphatic heterocycles. The standard InChI is InChI=1S/C22H31N7O/c1-26(2)18-6-4-5-17(13-18)14-27(3)21-20-22(24-15-23-21)29(16-25-20)12-11-28-9-7-19(30)8-10-28/h4-6,13,15-16,19,30H,7-12,14H2,1-3H3. The summed E-state index contributed by atoms with van der Waals surface area (Å²) in [6.45, 7) is 4.41. The van der Waals surface area contributed by atoms with Gasteiger partial charge in [0.15, 0.2) is 17.0 Å². The fraction of sp³-hybridized carbons (Fsp3) is 0.500. The lowest BCUT2D eigenvalue weighted by Crippen LogP contribution is -2.37. The molecule has 3 heterocycles. The number of imidazole rings is 1. The summed E-state index contributed by atoms with van der Waals surface area (Å²) in [6, 6.07) is 8.53. The minimum absolute atomic E-state index is 0.139. The van der Waals surface area contributed by atoms with E-state index >= 15 is 0 Å². The van der Waals surface area contributed by atoms with Crippen molar-refractivity contribution in [2.75, 3.05) is 50.6 Å². The first-order valence-electron chi connectivity index (χ1n) is 10.5. The summed E-state index contributed by atoms with van der Waals surface area (Å²) < 4.78 is 2.10. The van der Waals surface area contributed by atoms with Crippen molar-refractivity contribution in [2.24, 2.45) is 0 Å². The number of likely N-dealkylation sites (tertiary alicyclic amines) is 1. The van der Waals surface area contributed by atoms with Gasteiger partial charge in [0, 0.05) is 59.6 Å². The van der Waals surface area contributed by atoms with Crippen LogP contribution in [0.15, 0.2) is 36.9 Å². The summed E-state index contributed by atoms with van der Waals surface area (Å²) in [5, 5.41) is 9.69. The van der Waals surface area contributed by atoms with Crippen molar-refractivity contribution in [3.05, 3.63) is 42.5 Å². The lowest BCUT2D eigenvalue weighted by Gasteiger charge is -2.29. The van der Waals surface area contributed by atoms with E-state index in [-0.39, 0.29) is 6.10 Å². The highest BCUT2D eigenvalue weighted by Gasteiger charge is 2.18. The topological polar surface area (TPSA) is 73.6 Å². The molecule has 0 unspecified atom stereocenters. The molecule has 3 aromatic rings. The lowest BCUT2D eigenvalue weighted by molar-refractivity contribution is 0.0811. The van der Waals surface area contributed by atoms with E-state index in [0.717, 1.165) is 62.5 Å². The van der Waals surface area contributed by atoms with Crippen molar-refractivity contribution in [1.82, 2.24) is 24.4 Å². The summed E-state index contributed by atoms with van der Waals surface area (Å²) in [5.41, 5.74) is 4.11. The van der Waals surface area contributed by atoms with Gasteiger partial charge < -0.3 is 24.4 Å². The third-order valence-corrected chi connectivity index (χ3v) is 5.80. The average Bonchev–Trinajstić information content (AvgIpc) is 3.16. The molecule has 8 heteroatoms. The molecule has 30 heavy (non-hydrogen) atoms. The fourth-order valence-corrected chi connectivity index (χ4v) is 3.99. The van der Waals surface area contributed by atoms with Crippen molar-refractivity contribution in [1.29, 1.82) is 0 Å². The van der Waals surface area contributed by atoms with Gasteiger partial charge in [0.05, 0.1) is 12.4 Å². The molecule has 0 radical (unpaired) electrons. The molecule has 0 spiro atoms. The van der Waals surface area contributed by atoms with Gasteiger partial charge in [0.1, 0.15) is 6.33 Å². The Labute approximate surface area is 177 Å². The van der Waals surface area contributed by atoms with Crippen LogP contribution < -0.4 is 9.80 Å². The lowest BCUT2D eigenvalue weighted by atomic mass is 10.1. The maximum absolute atomic E-state index is 9.69. The largest absolute Gasteiger partial charge is 0.393 e. The van der Waals surface area contributed by atoms with Gasteiger partial charge in [0.2, 0.25) is 0 Å². The normalized spacial score (nSPS) is 15.6. The first kappa shape index (κ1) is 20.6. The van der Waals surface area contributed by atoms with E-state index in [4.69, 9.17) is 0 Å². The molecule has 0 aliphatic carbocycles. The Bertz CT molecular complexity index is 979. The third kappa shape index (κ3) is 4.55. The number of hydrogen-bond donors (Lipinski definition) is 1. The van der Waals surface area contributed by atoms with Gasteiger partial charge in [-0.1, -0.05) is 12.1 Å². The summed E-state index contributed by atoms with van der Waals surface area (Å²) in [4.78, 5) is 20.3. The van der Waals surface area contributed by atoms with Crippen LogP contribution in [0, 0.1) is 0 Å². The number of benzene rings is 1. The van der Waals surface area contributed by atoms with Crippen molar-refractivity contribution in [3.63, 3.8) is 0 Å². The van der Waals surface area contributed by atoms with E-state index in [1.165, 1.54) is 11.3 Å². The van der Waals surface area contributed by atoms with E-state index in [1.54, 1.807) is 6.33 Å². The van der Waals surface area contributed by atoms with Crippen molar-refractivity contribution in [2.45, 2.75) is 32.0 Å². The van der Waals surface area contributed by atoms with E-state index in [2.05, 4.69) is 72.6 Å².